The highest BCUT2D eigenvalue weighted by Crippen LogP contribution is 2.46. The Bertz CT molecular complexity index is 2440. The summed E-state index contributed by atoms with van der Waals surface area (Å²) in [6, 6.07) is 56.7. The highest BCUT2D eigenvalue weighted by molar-refractivity contribution is 6.24. The Morgan fingerprint density at radius 2 is 0.884 bits per heavy atom. The second-order valence-corrected chi connectivity index (χ2v) is 11.2. The molecule has 0 aliphatic carbocycles. The maximum atomic E-state index is 6.52. The van der Waals surface area contributed by atoms with Crippen molar-refractivity contribution >= 4 is 54.3 Å². The van der Waals surface area contributed by atoms with Crippen LogP contribution in [0.4, 0.5) is 0 Å². The van der Waals surface area contributed by atoms with Crippen molar-refractivity contribution in [2.24, 2.45) is 0 Å². The molecule has 0 atom stereocenters. The predicted octanol–water partition coefficient (Wildman–Crippen LogP) is 12.0. The average molecular weight is 547 g/mol. The minimum atomic E-state index is 0.906. The number of furan rings is 1. The van der Waals surface area contributed by atoms with Crippen LogP contribution in [0.2, 0.25) is 0 Å². The molecular weight excluding hydrogens is 520 g/mol. The molecular formula is C42H26O. The molecule has 1 aromatic heterocycles. The van der Waals surface area contributed by atoms with E-state index in [0.717, 1.165) is 33.1 Å². The number of rotatable bonds is 3. The second kappa shape index (κ2) is 9.44. The molecule has 0 spiro atoms. The maximum absolute atomic E-state index is 6.52. The second-order valence-electron chi connectivity index (χ2n) is 11.2. The molecule has 0 unspecified atom stereocenters. The fourth-order valence-electron chi connectivity index (χ4n) is 6.97. The van der Waals surface area contributed by atoms with Gasteiger partial charge in [0.1, 0.15) is 11.2 Å². The van der Waals surface area contributed by atoms with Gasteiger partial charge >= 0.3 is 0 Å². The zero-order chi connectivity index (χ0) is 28.3. The van der Waals surface area contributed by atoms with Crippen molar-refractivity contribution < 1.29 is 4.42 Å². The Morgan fingerprint density at radius 3 is 1.63 bits per heavy atom. The molecule has 43 heavy (non-hydrogen) atoms. The Balaban J connectivity index is 1.35. The normalized spacial score (nSPS) is 11.7. The first kappa shape index (κ1) is 24.0. The smallest absolute Gasteiger partial charge is 0.143 e. The van der Waals surface area contributed by atoms with E-state index >= 15 is 0 Å². The molecule has 0 aliphatic heterocycles. The molecule has 1 heteroatoms. The van der Waals surface area contributed by atoms with Gasteiger partial charge in [0.25, 0.3) is 0 Å². The first-order valence-electron chi connectivity index (χ1n) is 14.8. The van der Waals surface area contributed by atoms with Gasteiger partial charge < -0.3 is 4.42 Å². The summed E-state index contributed by atoms with van der Waals surface area (Å²) in [6.45, 7) is 0. The molecule has 8 aromatic carbocycles. The summed E-state index contributed by atoms with van der Waals surface area (Å²) in [5, 5.41) is 9.82. The summed E-state index contributed by atoms with van der Waals surface area (Å²) in [7, 11) is 0. The topological polar surface area (TPSA) is 13.1 Å². The lowest BCUT2D eigenvalue weighted by atomic mass is 9.84. The Hall–Kier alpha value is -5.66. The average Bonchev–Trinajstić information content (AvgIpc) is 3.45. The van der Waals surface area contributed by atoms with E-state index in [1.807, 2.05) is 0 Å². The molecule has 0 amide bonds. The van der Waals surface area contributed by atoms with Crippen LogP contribution in [0, 0.1) is 0 Å². The quantitative estimate of drug-likeness (QED) is 0.201. The van der Waals surface area contributed by atoms with Gasteiger partial charge in [0.15, 0.2) is 0 Å². The van der Waals surface area contributed by atoms with Gasteiger partial charge in [-0.15, -0.1) is 0 Å². The van der Waals surface area contributed by atoms with Crippen molar-refractivity contribution in [3.8, 4) is 33.4 Å². The van der Waals surface area contributed by atoms with Crippen LogP contribution in [0.15, 0.2) is 162 Å². The highest BCUT2D eigenvalue weighted by atomic mass is 16.3. The SMILES string of the molecule is c1ccc(-c2cccc3c2oc2ccc(-c4c5ccccc5c(-c5cccc6ccccc56)c5ccccc45)cc23)cc1. The molecule has 1 heterocycles. The van der Waals surface area contributed by atoms with E-state index in [-0.39, 0.29) is 0 Å². The van der Waals surface area contributed by atoms with Crippen LogP contribution in [-0.2, 0) is 0 Å². The van der Waals surface area contributed by atoms with Gasteiger partial charge in [0.05, 0.1) is 0 Å². The monoisotopic (exact) mass is 546 g/mol. The molecule has 0 radical (unpaired) electrons. The molecule has 0 N–H and O–H groups in total. The van der Waals surface area contributed by atoms with Crippen molar-refractivity contribution in [1.82, 2.24) is 0 Å². The van der Waals surface area contributed by atoms with Crippen molar-refractivity contribution in [2.45, 2.75) is 0 Å². The summed E-state index contributed by atoms with van der Waals surface area (Å²) in [5.41, 5.74) is 9.11. The van der Waals surface area contributed by atoms with Crippen LogP contribution < -0.4 is 0 Å². The van der Waals surface area contributed by atoms with E-state index in [1.165, 1.54) is 54.6 Å². The lowest BCUT2D eigenvalue weighted by Crippen LogP contribution is -1.91. The van der Waals surface area contributed by atoms with Crippen LogP contribution in [-0.4, -0.2) is 0 Å². The molecule has 0 saturated carbocycles. The molecule has 0 aliphatic rings. The molecule has 0 fully saturated rings. The fourth-order valence-corrected chi connectivity index (χ4v) is 6.97. The summed E-state index contributed by atoms with van der Waals surface area (Å²) in [6.07, 6.45) is 0. The predicted molar refractivity (Wildman–Crippen MR) is 183 cm³/mol. The van der Waals surface area contributed by atoms with E-state index in [0.29, 0.717) is 0 Å². The fraction of sp³-hybridized carbons (Fsp3) is 0. The van der Waals surface area contributed by atoms with E-state index in [9.17, 15) is 0 Å². The lowest BCUT2D eigenvalue weighted by Gasteiger charge is -2.18. The third-order valence-corrected chi connectivity index (χ3v) is 8.86. The molecule has 0 bridgehead atoms. The van der Waals surface area contributed by atoms with Crippen LogP contribution >= 0.6 is 0 Å². The summed E-state index contributed by atoms with van der Waals surface area (Å²) >= 11 is 0. The van der Waals surface area contributed by atoms with Gasteiger partial charge in [-0.05, 0) is 72.3 Å². The van der Waals surface area contributed by atoms with Crippen molar-refractivity contribution in [1.29, 1.82) is 0 Å². The number of para-hydroxylation sites is 1. The lowest BCUT2D eigenvalue weighted by molar-refractivity contribution is 0.670. The number of benzene rings is 8. The van der Waals surface area contributed by atoms with Crippen LogP contribution in [0.1, 0.15) is 0 Å². The molecule has 9 aromatic rings. The van der Waals surface area contributed by atoms with Crippen molar-refractivity contribution in [2.75, 3.05) is 0 Å². The van der Waals surface area contributed by atoms with Gasteiger partial charge in [-0.2, -0.15) is 0 Å². The van der Waals surface area contributed by atoms with E-state index < -0.39 is 0 Å². The summed E-state index contributed by atoms with van der Waals surface area (Å²) in [5.74, 6) is 0. The van der Waals surface area contributed by atoms with Gasteiger partial charge in [0, 0.05) is 16.3 Å². The highest BCUT2D eigenvalue weighted by Gasteiger charge is 2.19. The zero-order valence-electron chi connectivity index (χ0n) is 23.4. The van der Waals surface area contributed by atoms with E-state index in [4.69, 9.17) is 4.42 Å². The summed E-state index contributed by atoms with van der Waals surface area (Å²) < 4.78 is 6.52. The standard InChI is InChI=1S/C42H26O/c1-2-12-28(13-3-1)31-21-11-23-37-38-26-29(24-25-39(38)43-42(31)37)40-33-17-6-8-19-35(33)41(36-20-9-7-18-34(36)40)32-22-10-15-27-14-4-5-16-30(27)32/h1-26H. The maximum Gasteiger partial charge on any atom is 0.143 e. The van der Waals surface area contributed by atoms with Gasteiger partial charge in [-0.3, -0.25) is 0 Å². The zero-order valence-corrected chi connectivity index (χ0v) is 23.4. The van der Waals surface area contributed by atoms with Gasteiger partial charge in [0.2, 0.25) is 0 Å². The number of hydrogen-bond donors (Lipinski definition) is 0. The molecule has 9 rings (SSSR count). The first-order valence-corrected chi connectivity index (χ1v) is 14.8. The van der Waals surface area contributed by atoms with Gasteiger partial charge in [-0.1, -0.05) is 146 Å². The number of fused-ring (bicyclic) bond motifs is 6. The Morgan fingerprint density at radius 1 is 0.326 bits per heavy atom. The molecule has 1 nitrogen and oxygen atoms in total. The molecule has 200 valence electrons. The molecule has 0 saturated heterocycles. The summed E-state index contributed by atoms with van der Waals surface area (Å²) in [4.78, 5) is 0. The van der Waals surface area contributed by atoms with Gasteiger partial charge in [-0.25, -0.2) is 0 Å². The minimum absolute atomic E-state index is 0.906. The van der Waals surface area contributed by atoms with E-state index in [2.05, 4.69) is 158 Å². The van der Waals surface area contributed by atoms with Crippen LogP contribution in [0.5, 0.6) is 0 Å². The van der Waals surface area contributed by atoms with Crippen molar-refractivity contribution in [3.63, 3.8) is 0 Å². The first-order chi connectivity index (χ1) is 21.3. The minimum Gasteiger partial charge on any atom is -0.455 e. The third kappa shape index (κ3) is 3.65. The number of hydrogen-bond acceptors (Lipinski definition) is 1. The van der Waals surface area contributed by atoms with Crippen LogP contribution in [0.3, 0.4) is 0 Å². The van der Waals surface area contributed by atoms with E-state index in [1.54, 1.807) is 0 Å². The van der Waals surface area contributed by atoms with Crippen LogP contribution in [0.25, 0.3) is 87.6 Å². The van der Waals surface area contributed by atoms with Crippen molar-refractivity contribution in [3.05, 3.63) is 158 Å². The Labute approximate surface area is 249 Å². The Kier molecular flexibility index (Phi) is 5.27. The largest absolute Gasteiger partial charge is 0.455 e. The third-order valence-electron chi connectivity index (χ3n) is 8.86.